The first-order valence-electron chi connectivity index (χ1n) is 14.2. The van der Waals surface area contributed by atoms with Crippen LogP contribution in [0, 0.1) is 10.1 Å². The van der Waals surface area contributed by atoms with E-state index >= 15 is 0 Å². The molecule has 0 aromatic heterocycles. The van der Waals surface area contributed by atoms with Crippen LogP contribution >= 0.6 is 0 Å². The number of likely N-dealkylation sites (tertiary alicyclic amines) is 2. The minimum absolute atomic E-state index is 0. The number of piperidine rings is 2. The van der Waals surface area contributed by atoms with E-state index in [1.807, 2.05) is 11.8 Å². The quantitative estimate of drug-likeness (QED) is 0.269. The van der Waals surface area contributed by atoms with Crippen molar-refractivity contribution in [1.29, 1.82) is 0 Å². The van der Waals surface area contributed by atoms with Gasteiger partial charge >= 0.3 is 5.69 Å². The predicted octanol–water partition coefficient (Wildman–Crippen LogP) is 6.25. The minimum atomic E-state index is -0.423. The van der Waals surface area contributed by atoms with Gasteiger partial charge in [0.1, 0.15) is 0 Å². The average Bonchev–Trinajstić information content (AvgIpc) is 2.93. The highest BCUT2D eigenvalue weighted by molar-refractivity contribution is 5.76. The summed E-state index contributed by atoms with van der Waals surface area (Å²) < 4.78 is 5.46. The summed E-state index contributed by atoms with van der Waals surface area (Å²) in [4.78, 5) is 28.1. The molecule has 2 saturated heterocycles. The summed E-state index contributed by atoms with van der Waals surface area (Å²) in [5.41, 5.74) is 3.67. The number of ether oxygens (including phenoxy) is 1. The van der Waals surface area contributed by atoms with Gasteiger partial charge in [0.25, 0.3) is 0 Å². The zero-order valence-corrected chi connectivity index (χ0v) is 22.9. The molecule has 8 heteroatoms. The lowest BCUT2D eigenvalue weighted by Crippen LogP contribution is -2.43. The first-order chi connectivity index (χ1) is 18.5. The van der Waals surface area contributed by atoms with Crippen LogP contribution in [0.3, 0.4) is 0 Å². The number of carbonyl (C=O) groups excluding carboxylic acids is 1. The van der Waals surface area contributed by atoms with Gasteiger partial charge in [0.05, 0.1) is 11.5 Å². The van der Waals surface area contributed by atoms with Gasteiger partial charge in [0.2, 0.25) is 5.91 Å². The second-order valence-corrected chi connectivity index (χ2v) is 10.5. The van der Waals surface area contributed by atoms with Gasteiger partial charge in [-0.3, -0.25) is 14.9 Å². The van der Waals surface area contributed by atoms with E-state index in [0.29, 0.717) is 18.9 Å². The molecule has 2 aliphatic heterocycles. The van der Waals surface area contributed by atoms with Crippen molar-refractivity contribution in [1.82, 2.24) is 9.80 Å². The normalized spacial score (nSPS) is 16.9. The number of nitrogens with one attached hydrogen (secondary N) is 1. The highest BCUT2D eigenvalue weighted by atomic mass is 16.6. The molecule has 39 heavy (non-hydrogen) atoms. The molecule has 2 heterocycles. The third-order valence-electron chi connectivity index (χ3n) is 7.89. The molecule has 0 bridgehead atoms. The Bertz CT molecular complexity index is 1060. The van der Waals surface area contributed by atoms with Crippen molar-refractivity contribution in [3.63, 3.8) is 0 Å². The van der Waals surface area contributed by atoms with E-state index in [1.54, 1.807) is 12.1 Å². The van der Waals surface area contributed by atoms with Gasteiger partial charge in [-0.1, -0.05) is 45.0 Å². The van der Waals surface area contributed by atoms with Crippen LogP contribution in [-0.4, -0.2) is 66.0 Å². The number of nitro benzene ring substituents is 1. The number of carbonyl (C=O) groups is 1. The fraction of sp³-hybridized carbons (Fsp3) is 0.581. The molecular formula is C31H46N4O4. The summed E-state index contributed by atoms with van der Waals surface area (Å²) in [5, 5.41) is 14.7. The van der Waals surface area contributed by atoms with Crippen LogP contribution in [0.15, 0.2) is 42.5 Å². The molecule has 2 fully saturated rings. The molecule has 0 radical (unpaired) electrons. The third-order valence-corrected chi connectivity index (χ3v) is 7.89. The Morgan fingerprint density at radius 3 is 2.33 bits per heavy atom. The van der Waals surface area contributed by atoms with E-state index < -0.39 is 4.92 Å². The monoisotopic (exact) mass is 538 g/mol. The van der Waals surface area contributed by atoms with Crippen LogP contribution in [0.25, 0.3) is 0 Å². The summed E-state index contributed by atoms with van der Waals surface area (Å²) in [6, 6.07) is 14.3. The first kappa shape index (κ1) is 30.4. The lowest BCUT2D eigenvalue weighted by molar-refractivity contribution is -0.385. The summed E-state index contributed by atoms with van der Waals surface area (Å²) in [7, 11) is 0. The average molecular weight is 539 g/mol. The van der Waals surface area contributed by atoms with Crippen LogP contribution in [0.2, 0.25) is 0 Å². The molecule has 8 nitrogen and oxygen atoms in total. The number of hydrogen-bond donors (Lipinski definition) is 1. The fourth-order valence-corrected chi connectivity index (χ4v) is 5.68. The molecule has 0 atom stereocenters. The number of nitrogens with zero attached hydrogens (tertiary/aromatic N) is 3. The number of amides is 1. The fourth-order valence-electron chi connectivity index (χ4n) is 5.68. The first-order valence-corrected chi connectivity index (χ1v) is 14.2. The highest BCUT2D eigenvalue weighted by Crippen LogP contribution is 2.31. The minimum Gasteiger partial charge on any atom is -0.487 e. The molecule has 0 spiro atoms. The maximum atomic E-state index is 12.9. The number of aryl methyl sites for hydroxylation is 1. The molecule has 0 unspecified atom stereocenters. The van der Waals surface area contributed by atoms with E-state index in [4.69, 9.17) is 4.74 Å². The van der Waals surface area contributed by atoms with Crippen molar-refractivity contribution in [2.75, 3.05) is 44.6 Å². The highest BCUT2D eigenvalue weighted by Gasteiger charge is 2.25. The van der Waals surface area contributed by atoms with Crippen LogP contribution in [0.4, 0.5) is 11.4 Å². The molecule has 2 aliphatic rings. The molecule has 2 aromatic carbocycles. The van der Waals surface area contributed by atoms with Crippen LogP contribution in [0.5, 0.6) is 5.75 Å². The zero-order valence-electron chi connectivity index (χ0n) is 22.9. The Labute approximate surface area is 233 Å². The zero-order chi connectivity index (χ0) is 26.9. The molecule has 0 aliphatic carbocycles. The Kier molecular flexibility index (Phi) is 11.6. The second kappa shape index (κ2) is 14.9. The Morgan fingerprint density at radius 2 is 1.72 bits per heavy atom. The van der Waals surface area contributed by atoms with Crippen LogP contribution in [0.1, 0.15) is 76.8 Å². The van der Waals surface area contributed by atoms with E-state index in [9.17, 15) is 14.9 Å². The lowest BCUT2D eigenvalue weighted by atomic mass is 9.88. The van der Waals surface area contributed by atoms with Gasteiger partial charge < -0.3 is 19.9 Å². The third kappa shape index (κ3) is 8.43. The Morgan fingerprint density at radius 1 is 1.03 bits per heavy atom. The number of nitro groups is 1. The molecule has 214 valence electrons. The molecule has 0 saturated carbocycles. The maximum absolute atomic E-state index is 12.9. The smallest absolute Gasteiger partial charge is 0.311 e. The van der Waals surface area contributed by atoms with Crippen molar-refractivity contribution in [3.8, 4) is 5.75 Å². The van der Waals surface area contributed by atoms with Crippen LogP contribution in [-0.2, 0) is 11.2 Å². The summed E-state index contributed by atoms with van der Waals surface area (Å²) in [5.74, 6) is 1.15. The van der Waals surface area contributed by atoms with E-state index in [2.05, 4.69) is 41.4 Å². The predicted molar refractivity (Wildman–Crippen MR) is 158 cm³/mol. The summed E-state index contributed by atoms with van der Waals surface area (Å²) in [6.45, 7) is 8.82. The van der Waals surface area contributed by atoms with Gasteiger partial charge in [-0.25, -0.2) is 0 Å². The van der Waals surface area contributed by atoms with Crippen molar-refractivity contribution >= 4 is 17.3 Å². The van der Waals surface area contributed by atoms with Gasteiger partial charge in [-0.05, 0) is 75.2 Å². The largest absolute Gasteiger partial charge is 0.487 e. The van der Waals surface area contributed by atoms with Crippen molar-refractivity contribution in [2.45, 2.75) is 78.2 Å². The van der Waals surface area contributed by atoms with Crippen molar-refractivity contribution in [2.24, 2.45) is 0 Å². The van der Waals surface area contributed by atoms with Crippen molar-refractivity contribution in [3.05, 3.63) is 63.7 Å². The van der Waals surface area contributed by atoms with E-state index in [-0.39, 0.29) is 30.8 Å². The number of benzene rings is 2. The Hall–Kier alpha value is -3.13. The molecule has 1 N–H and O–H groups in total. The Balaban J connectivity index is 0.00000420. The standard InChI is InChI=1S/C30H42N4O4.CH4/c1-3-5-23-6-8-24(9-7-23)25-12-17-32(18-13-25)19-16-30(35)33-20-14-26(15-21-33)31-27-10-11-28(34(36)37)29(22-27)38-4-2;/h6-11,22,25-26,31H,3-5,12-21H2,1-2H3;1H4. The number of rotatable bonds is 11. The molecular weight excluding hydrogens is 492 g/mol. The topological polar surface area (TPSA) is 88.0 Å². The lowest BCUT2D eigenvalue weighted by Gasteiger charge is -2.35. The molecule has 4 rings (SSSR count). The van der Waals surface area contributed by atoms with Crippen molar-refractivity contribution < 1.29 is 14.5 Å². The number of anilines is 1. The van der Waals surface area contributed by atoms with Crippen LogP contribution < -0.4 is 10.1 Å². The van der Waals surface area contributed by atoms with Gasteiger partial charge in [0, 0.05) is 49.9 Å². The summed E-state index contributed by atoms with van der Waals surface area (Å²) >= 11 is 0. The SMILES string of the molecule is C.CCCc1ccc(C2CCN(CCC(=O)N3CCC(Nc4ccc([N+](=O)[O-])c(OCC)c4)CC3)CC2)cc1. The molecule has 1 amide bonds. The van der Waals surface area contributed by atoms with E-state index in [1.165, 1.54) is 23.6 Å². The van der Waals surface area contributed by atoms with E-state index in [0.717, 1.165) is 70.5 Å². The van der Waals surface area contributed by atoms with Gasteiger partial charge in [-0.2, -0.15) is 0 Å². The summed E-state index contributed by atoms with van der Waals surface area (Å²) in [6.07, 6.45) is 6.94. The molecule has 2 aromatic rings. The second-order valence-electron chi connectivity index (χ2n) is 10.5. The van der Waals surface area contributed by atoms with Gasteiger partial charge in [-0.15, -0.1) is 0 Å². The van der Waals surface area contributed by atoms with Gasteiger partial charge in [0.15, 0.2) is 5.75 Å². The number of hydrogen-bond acceptors (Lipinski definition) is 6. The maximum Gasteiger partial charge on any atom is 0.311 e.